The summed E-state index contributed by atoms with van der Waals surface area (Å²) in [6, 6.07) is 0. The molecular formula is C15H24O4. The molecule has 3 heterocycles. The van der Waals surface area contributed by atoms with Crippen molar-refractivity contribution >= 4 is 0 Å². The molecule has 0 saturated carbocycles. The third-order valence-corrected chi connectivity index (χ3v) is 3.20. The van der Waals surface area contributed by atoms with E-state index < -0.39 is 0 Å². The van der Waals surface area contributed by atoms with Crippen LogP contribution in [-0.4, -0.2) is 50.3 Å². The second-order valence-corrected chi connectivity index (χ2v) is 5.15. The molecule has 0 aromatic heterocycles. The Morgan fingerprint density at radius 2 is 1.37 bits per heavy atom. The number of hydrogen-bond donors (Lipinski definition) is 0. The molecule has 0 spiro atoms. The fourth-order valence-corrected chi connectivity index (χ4v) is 1.78. The lowest BCUT2D eigenvalue weighted by Gasteiger charge is -2.20. The predicted molar refractivity (Wildman–Crippen MR) is 73.2 cm³/mol. The highest BCUT2D eigenvalue weighted by molar-refractivity contribution is 4.91. The third kappa shape index (κ3) is 5.87. The van der Waals surface area contributed by atoms with Gasteiger partial charge in [0.25, 0.3) is 0 Å². The Bertz CT molecular complexity index is 269. The van der Waals surface area contributed by atoms with E-state index in [1.165, 1.54) is 0 Å². The van der Waals surface area contributed by atoms with Crippen LogP contribution >= 0.6 is 0 Å². The quantitative estimate of drug-likeness (QED) is 0.499. The van der Waals surface area contributed by atoms with Crippen LogP contribution in [0.4, 0.5) is 0 Å². The van der Waals surface area contributed by atoms with Crippen molar-refractivity contribution in [2.24, 2.45) is 0 Å². The van der Waals surface area contributed by atoms with Gasteiger partial charge in [0.2, 0.25) is 0 Å². The molecule has 3 aliphatic heterocycles. The highest BCUT2D eigenvalue weighted by Gasteiger charge is 2.39. The molecule has 0 N–H and O–H groups in total. The number of epoxide rings is 3. The van der Waals surface area contributed by atoms with Crippen LogP contribution in [0.15, 0.2) is 25.3 Å². The molecule has 3 fully saturated rings. The lowest BCUT2D eigenvalue weighted by molar-refractivity contribution is -0.0343. The van der Waals surface area contributed by atoms with E-state index in [9.17, 15) is 0 Å². The molecule has 5 unspecified atom stereocenters. The van der Waals surface area contributed by atoms with Gasteiger partial charge in [-0.2, -0.15) is 0 Å². The van der Waals surface area contributed by atoms with Crippen LogP contribution < -0.4 is 0 Å². The number of ether oxygens (including phenoxy) is 4. The summed E-state index contributed by atoms with van der Waals surface area (Å²) in [5.74, 6) is 0. The van der Waals surface area contributed by atoms with Gasteiger partial charge in [-0.05, 0) is 19.8 Å². The molecule has 3 saturated heterocycles. The monoisotopic (exact) mass is 268 g/mol. The molecule has 3 rings (SSSR count). The first-order valence-electron chi connectivity index (χ1n) is 6.96. The first-order chi connectivity index (χ1) is 9.24. The summed E-state index contributed by atoms with van der Waals surface area (Å²) in [6.45, 7) is 12.1. The lowest BCUT2D eigenvalue weighted by atomic mass is 10.1. The lowest BCUT2D eigenvalue weighted by Crippen LogP contribution is -2.29. The average Bonchev–Trinajstić information content (AvgIpc) is 3.26. The molecule has 4 nitrogen and oxygen atoms in total. The molecule has 3 aliphatic rings. The smallest absolute Gasteiger partial charge is 0.107 e. The Balaban J connectivity index is 0.000000284. The van der Waals surface area contributed by atoms with Crippen molar-refractivity contribution < 1.29 is 18.9 Å². The van der Waals surface area contributed by atoms with E-state index in [1.807, 2.05) is 12.2 Å². The molecule has 5 atom stereocenters. The summed E-state index contributed by atoms with van der Waals surface area (Å²) in [4.78, 5) is 0. The van der Waals surface area contributed by atoms with Gasteiger partial charge in [0.1, 0.15) is 12.2 Å². The molecule has 0 radical (unpaired) electrons. The van der Waals surface area contributed by atoms with Crippen molar-refractivity contribution in [2.75, 3.05) is 19.8 Å². The van der Waals surface area contributed by atoms with Crippen LogP contribution in [0, 0.1) is 0 Å². The van der Waals surface area contributed by atoms with Crippen molar-refractivity contribution in [3.63, 3.8) is 0 Å². The van der Waals surface area contributed by atoms with Crippen molar-refractivity contribution in [3.8, 4) is 0 Å². The van der Waals surface area contributed by atoms with Crippen molar-refractivity contribution in [3.05, 3.63) is 25.3 Å². The summed E-state index contributed by atoms with van der Waals surface area (Å²) in [7, 11) is 0. The van der Waals surface area contributed by atoms with Gasteiger partial charge in [-0.3, -0.25) is 0 Å². The maximum Gasteiger partial charge on any atom is 0.107 e. The molecule has 0 aliphatic carbocycles. The molecule has 0 bridgehead atoms. The third-order valence-electron chi connectivity index (χ3n) is 3.20. The summed E-state index contributed by atoms with van der Waals surface area (Å²) < 4.78 is 21.2. The zero-order valence-electron chi connectivity index (χ0n) is 11.6. The van der Waals surface area contributed by atoms with E-state index in [0.717, 1.165) is 32.7 Å². The molecule has 19 heavy (non-hydrogen) atoms. The standard InChI is InChI=1S/C12H18O3.C3H6O/c1-3-5-9(11-7-13-11)15-10(6-4-2)12-8-14-12;1-3-2-4-3/h3-4,9-12H,1-2,5-8H2;3H,2H2,1H3. The van der Waals surface area contributed by atoms with Gasteiger partial charge in [-0.25, -0.2) is 0 Å². The van der Waals surface area contributed by atoms with E-state index in [0.29, 0.717) is 6.10 Å². The van der Waals surface area contributed by atoms with Crippen LogP contribution in [0.2, 0.25) is 0 Å². The van der Waals surface area contributed by atoms with Gasteiger partial charge in [-0.1, -0.05) is 12.2 Å². The van der Waals surface area contributed by atoms with Crippen LogP contribution in [0.1, 0.15) is 19.8 Å². The van der Waals surface area contributed by atoms with Crippen molar-refractivity contribution in [1.82, 2.24) is 0 Å². The highest BCUT2D eigenvalue weighted by atomic mass is 16.6. The fraction of sp³-hybridized carbons (Fsp3) is 0.733. The maximum absolute atomic E-state index is 5.99. The van der Waals surface area contributed by atoms with Gasteiger partial charge in [-0.15, -0.1) is 13.2 Å². The first kappa shape index (κ1) is 14.7. The van der Waals surface area contributed by atoms with Crippen molar-refractivity contribution in [1.29, 1.82) is 0 Å². The predicted octanol–water partition coefficient (Wildman–Crippen LogP) is 2.10. The van der Waals surface area contributed by atoms with Gasteiger partial charge >= 0.3 is 0 Å². The molecular weight excluding hydrogens is 244 g/mol. The molecule has 0 aromatic rings. The van der Waals surface area contributed by atoms with E-state index >= 15 is 0 Å². The Kier molecular flexibility index (Phi) is 5.58. The van der Waals surface area contributed by atoms with Crippen LogP contribution in [0.3, 0.4) is 0 Å². The van der Waals surface area contributed by atoms with E-state index in [-0.39, 0.29) is 24.4 Å². The zero-order valence-corrected chi connectivity index (χ0v) is 11.6. The average molecular weight is 268 g/mol. The Morgan fingerprint density at radius 3 is 1.58 bits per heavy atom. The van der Waals surface area contributed by atoms with Crippen molar-refractivity contribution in [2.45, 2.75) is 50.3 Å². The highest BCUT2D eigenvalue weighted by Crippen LogP contribution is 2.27. The second kappa shape index (κ2) is 7.20. The number of hydrogen-bond acceptors (Lipinski definition) is 4. The molecule has 108 valence electrons. The Hall–Kier alpha value is -0.680. The molecule has 0 amide bonds. The topological polar surface area (TPSA) is 46.8 Å². The molecule has 0 aromatic carbocycles. The maximum atomic E-state index is 5.99. The minimum Gasteiger partial charge on any atom is -0.373 e. The Labute approximate surface area is 115 Å². The van der Waals surface area contributed by atoms with Crippen LogP contribution in [-0.2, 0) is 18.9 Å². The summed E-state index contributed by atoms with van der Waals surface area (Å²) in [5, 5.41) is 0. The van der Waals surface area contributed by atoms with Gasteiger partial charge in [0, 0.05) is 0 Å². The fourth-order valence-electron chi connectivity index (χ4n) is 1.78. The van der Waals surface area contributed by atoms with E-state index in [2.05, 4.69) is 20.1 Å². The van der Waals surface area contributed by atoms with E-state index in [4.69, 9.17) is 18.9 Å². The minimum absolute atomic E-state index is 0.136. The number of rotatable bonds is 8. The van der Waals surface area contributed by atoms with E-state index in [1.54, 1.807) is 0 Å². The first-order valence-corrected chi connectivity index (χ1v) is 6.96. The molecule has 4 heteroatoms. The SMILES string of the molecule is C=CCC(OC(CC=C)C1CO1)C1CO1.CC1CO1. The summed E-state index contributed by atoms with van der Waals surface area (Å²) in [6.07, 6.45) is 6.81. The van der Waals surface area contributed by atoms with Crippen LogP contribution in [0.5, 0.6) is 0 Å². The largest absolute Gasteiger partial charge is 0.373 e. The van der Waals surface area contributed by atoms with Gasteiger partial charge in [0.15, 0.2) is 0 Å². The second-order valence-electron chi connectivity index (χ2n) is 5.15. The van der Waals surface area contributed by atoms with Crippen LogP contribution in [0.25, 0.3) is 0 Å². The van der Waals surface area contributed by atoms with Gasteiger partial charge in [0.05, 0.1) is 38.1 Å². The Morgan fingerprint density at radius 1 is 1.00 bits per heavy atom. The summed E-state index contributed by atoms with van der Waals surface area (Å²) >= 11 is 0. The minimum atomic E-state index is 0.136. The summed E-state index contributed by atoms with van der Waals surface area (Å²) in [5.41, 5.74) is 0. The van der Waals surface area contributed by atoms with Gasteiger partial charge < -0.3 is 18.9 Å². The zero-order chi connectivity index (χ0) is 13.7. The normalized spacial score (nSPS) is 33.4.